The molecule has 0 bridgehead atoms. The summed E-state index contributed by atoms with van der Waals surface area (Å²) in [5.41, 5.74) is 7.87. The number of ether oxygens (including phenoxy) is 1. The molecule has 0 amide bonds. The maximum absolute atomic E-state index is 6.08. The molecule has 0 saturated carbocycles. The van der Waals surface area contributed by atoms with Crippen LogP contribution in [-0.2, 0) is 6.54 Å². The lowest BCUT2D eigenvalue weighted by atomic mass is 10.1. The molecule has 0 fully saturated rings. The van der Waals surface area contributed by atoms with Gasteiger partial charge in [0.1, 0.15) is 11.5 Å². The van der Waals surface area contributed by atoms with Gasteiger partial charge in [0, 0.05) is 11.9 Å². The molecule has 0 aliphatic rings. The first-order valence-electron chi connectivity index (χ1n) is 6.73. The van der Waals surface area contributed by atoms with E-state index in [1.165, 1.54) is 5.39 Å². The number of fused-ring (bicyclic) bond motifs is 1. The maximum atomic E-state index is 6.08. The Morgan fingerprint density at radius 2 is 1.70 bits per heavy atom. The second-order valence-electron chi connectivity index (χ2n) is 4.88. The quantitative estimate of drug-likeness (QED) is 0.760. The highest BCUT2D eigenvalue weighted by molar-refractivity contribution is 5.88. The van der Waals surface area contributed by atoms with Crippen molar-refractivity contribution in [2.45, 2.75) is 13.5 Å². The fourth-order valence-electron chi connectivity index (χ4n) is 2.36. The average molecular weight is 263 g/mol. The molecular weight excluding hydrogens is 246 g/mol. The number of benzene rings is 3. The molecule has 100 valence electrons. The molecule has 2 nitrogen and oxygen atoms in total. The largest absolute Gasteiger partial charge is 0.456 e. The van der Waals surface area contributed by atoms with E-state index in [1.54, 1.807) is 0 Å². The molecule has 0 radical (unpaired) electrons. The molecule has 0 aromatic heterocycles. The maximum Gasteiger partial charge on any atom is 0.135 e. The summed E-state index contributed by atoms with van der Waals surface area (Å²) in [7, 11) is 0. The first-order valence-corrected chi connectivity index (χ1v) is 6.73. The summed E-state index contributed by atoms with van der Waals surface area (Å²) in [6.07, 6.45) is 0. The fraction of sp³-hybridized carbons (Fsp3) is 0.111. The molecule has 20 heavy (non-hydrogen) atoms. The molecule has 2 heteroatoms. The van der Waals surface area contributed by atoms with Gasteiger partial charge in [0.15, 0.2) is 0 Å². The van der Waals surface area contributed by atoms with Gasteiger partial charge < -0.3 is 10.5 Å². The van der Waals surface area contributed by atoms with Crippen molar-refractivity contribution in [3.8, 4) is 11.5 Å². The van der Waals surface area contributed by atoms with E-state index >= 15 is 0 Å². The van der Waals surface area contributed by atoms with E-state index in [2.05, 4.69) is 24.3 Å². The van der Waals surface area contributed by atoms with Crippen LogP contribution in [0, 0.1) is 6.92 Å². The van der Waals surface area contributed by atoms with Crippen molar-refractivity contribution in [2.75, 3.05) is 0 Å². The van der Waals surface area contributed by atoms with Crippen LogP contribution in [0.25, 0.3) is 10.8 Å². The van der Waals surface area contributed by atoms with Gasteiger partial charge in [0.25, 0.3) is 0 Å². The lowest BCUT2D eigenvalue weighted by molar-refractivity contribution is 0.484. The van der Waals surface area contributed by atoms with Crippen molar-refractivity contribution < 1.29 is 4.74 Å². The summed E-state index contributed by atoms with van der Waals surface area (Å²) in [6, 6.07) is 20.4. The average Bonchev–Trinajstić information content (AvgIpc) is 2.49. The van der Waals surface area contributed by atoms with E-state index in [4.69, 9.17) is 10.5 Å². The van der Waals surface area contributed by atoms with Crippen LogP contribution >= 0.6 is 0 Å². The topological polar surface area (TPSA) is 35.2 Å². The second kappa shape index (κ2) is 5.35. The minimum absolute atomic E-state index is 0.551. The molecule has 3 rings (SSSR count). The number of hydrogen-bond acceptors (Lipinski definition) is 2. The van der Waals surface area contributed by atoms with Gasteiger partial charge in [0.05, 0.1) is 0 Å². The van der Waals surface area contributed by atoms with Crippen LogP contribution in [0.5, 0.6) is 11.5 Å². The Kier molecular flexibility index (Phi) is 3.40. The van der Waals surface area contributed by atoms with Gasteiger partial charge in [-0.05, 0) is 35.6 Å². The predicted octanol–water partition coefficient (Wildman–Crippen LogP) is 4.40. The smallest absolute Gasteiger partial charge is 0.135 e. The molecule has 0 aliphatic heterocycles. The van der Waals surface area contributed by atoms with Gasteiger partial charge in [-0.15, -0.1) is 0 Å². The molecule has 3 aromatic carbocycles. The summed E-state index contributed by atoms with van der Waals surface area (Å²) in [5.74, 6) is 1.75. The van der Waals surface area contributed by atoms with Gasteiger partial charge in [-0.1, -0.05) is 48.5 Å². The van der Waals surface area contributed by atoms with Gasteiger partial charge in [-0.2, -0.15) is 0 Å². The normalized spacial score (nSPS) is 10.7. The SMILES string of the molecule is Cc1cc(CN)ccc1Oc1cccc2ccccc12. The van der Waals surface area contributed by atoms with E-state index in [0.717, 1.165) is 28.0 Å². The highest BCUT2D eigenvalue weighted by Crippen LogP contribution is 2.31. The molecule has 0 aliphatic carbocycles. The van der Waals surface area contributed by atoms with Gasteiger partial charge in [-0.25, -0.2) is 0 Å². The van der Waals surface area contributed by atoms with E-state index < -0.39 is 0 Å². The van der Waals surface area contributed by atoms with Crippen molar-refractivity contribution in [1.82, 2.24) is 0 Å². The molecule has 3 aromatic rings. The fourth-order valence-corrected chi connectivity index (χ4v) is 2.36. The molecule has 0 heterocycles. The minimum Gasteiger partial charge on any atom is -0.456 e. The Morgan fingerprint density at radius 1 is 0.900 bits per heavy atom. The third-order valence-electron chi connectivity index (χ3n) is 3.44. The Labute approximate surface area is 118 Å². The summed E-state index contributed by atoms with van der Waals surface area (Å²) in [4.78, 5) is 0. The Hall–Kier alpha value is -2.32. The summed E-state index contributed by atoms with van der Waals surface area (Å²) >= 11 is 0. The highest BCUT2D eigenvalue weighted by Gasteiger charge is 2.05. The monoisotopic (exact) mass is 263 g/mol. The van der Waals surface area contributed by atoms with Crippen molar-refractivity contribution in [3.05, 3.63) is 71.8 Å². The first kappa shape index (κ1) is 12.7. The van der Waals surface area contributed by atoms with E-state index in [0.29, 0.717) is 6.54 Å². The molecule has 0 unspecified atom stereocenters. The minimum atomic E-state index is 0.551. The van der Waals surface area contributed by atoms with Crippen LogP contribution in [0.4, 0.5) is 0 Å². The number of rotatable bonds is 3. The number of aryl methyl sites for hydroxylation is 1. The number of nitrogens with two attached hydrogens (primary N) is 1. The van der Waals surface area contributed by atoms with Gasteiger partial charge in [-0.3, -0.25) is 0 Å². The van der Waals surface area contributed by atoms with E-state index in [1.807, 2.05) is 43.3 Å². The second-order valence-corrected chi connectivity index (χ2v) is 4.88. The van der Waals surface area contributed by atoms with Gasteiger partial charge >= 0.3 is 0 Å². The summed E-state index contributed by atoms with van der Waals surface area (Å²) in [5, 5.41) is 2.30. The molecule has 0 spiro atoms. The van der Waals surface area contributed by atoms with Gasteiger partial charge in [0.2, 0.25) is 0 Å². The standard InChI is InChI=1S/C18H17NO/c1-13-11-14(12-19)9-10-17(13)20-18-8-4-6-15-5-2-3-7-16(15)18/h2-11H,12,19H2,1H3. The highest BCUT2D eigenvalue weighted by atomic mass is 16.5. The predicted molar refractivity (Wildman–Crippen MR) is 83.1 cm³/mol. The summed E-state index contributed by atoms with van der Waals surface area (Å²) < 4.78 is 6.08. The zero-order valence-electron chi connectivity index (χ0n) is 11.5. The molecule has 2 N–H and O–H groups in total. The van der Waals surface area contributed by atoms with Crippen molar-refractivity contribution in [3.63, 3.8) is 0 Å². The van der Waals surface area contributed by atoms with Crippen LogP contribution in [0.1, 0.15) is 11.1 Å². The van der Waals surface area contributed by atoms with Crippen LogP contribution in [0.15, 0.2) is 60.7 Å². The lowest BCUT2D eigenvalue weighted by Gasteiger charge is -2.12. The third-order valence-corrected chi connectivity index (χ3v) is 3.44. The van der Waals surface area contributed by atoms with Crippen LogP contribution < -0.4 is 10.5 Å². The zero-order valence-corrected chi connectivity index (χ0v) is 11.5. The summed E-state index contributed by atoms with van der Waals surface area (Å²) in [6.45, 7) is 2.59. The van der Waals surface area contributed by atoms with E-state index in [9.17, 15) is 0 Å². The number of hydrogen-bond donors (Lipinski definition) is 1. The van der Waals surface area contributed by atoms with Crippen LogP contribution in [0.3, 0.4) is 0 Å². The first-order chi connectivity index (χ1) is 9.78. The van der Waals surface area contributed by atoms with Crippen LogP contribution in [-0.4, -0.2) is 0 Å². The Morgan fingerprint density at radius 3 is 2.50 bits per heavy atom. The zero-order chi connectivity index (χ0) is 13.9. The Balaban J connectivity index is 2.01. The third kappa shape index (κ3) is 2.38. The van der Waals surface area contributed by atoms with Crippen molar-refractivity contribution >= 4 is 10.8 Å². The van der Waals surface area contributed by atoms with E-state index in [-0.39, 0.29) is 0 Å². The van der Waals surface area contributed by atoms with Crippen molar-refractivity contribution in [1.29, 1.82) is 0 Å². The lowest BCUT2D eigenvalue weighted by Crippen LogP contribution is -1.97. The van der Waals surface area contributed by atoms with Crippen LogP contribution in [0.2, 0.25) is 0 Å². The van der Waals surface area contributed by atoms with Crippen molar-refractivity contribution in [2.24, 2.45) is 5.73 Å². The molecule has 0 atom stereocenters. The Bertz CT molecular complexity index is 744. The molecular formula is C18H17NO. The molecule has 0 saturated heterocycles.